The highest BCUT2D eigenvalue weighted by Crippen LogP contribution is 2.23. The molecule has 84 valence electrons. The number of fused-ring (bicyclic) bond motifs is 1. The maximum atomic E-state index is 5.94. The molecule has 0 radical (unpaired) electrons. The Labute approximate surface area is 98.5 Å². The molecule has 0 spiro atoms. The number of aromatic nitrogens is 2. The molecule has 1 heterocycles. The Bertz CT molecular complexity index is 667. The van der Waals surface area contributed by atoms with Gasteiger partial charge in [-0.25, -0.2) is 4.98 Å². The van der Waals surface area contributed by atoms with Crippen molar-refractivity contribution in [2.75, 3.05) is 11.5 Å². The van der Waals surface area contributed by atoms with Crippen LogP contribution < -0.4 is 11.5 Å². The fraction of sp³-hybridized carbons (Fsp3) is 0. The summed E-state index contributed by atoms with van der Waals surface area (Å²) in [6.07, 6.45) is 0. The largest absolute Gasteiger partial charge is 0.399 e. The summed E-state index contributed by atoms with van der Waals surface area (Å²) in [6, 6.07) is 15.4. The van der Waals surface area contributed by atoms with Crippen LogP contribution in [0.4, 0.5) is 11.6 Å². The summed E-state index contributed by atoms with van der Waals surface area (Å²) in [6.45, 7) is 0. The van der Waals surface area contributed by atoms with E-state index in [1.54, 1.807) is 0 Å². The molecule has 0 aliphatic carbocycles. The van der Waals surface area contributed by atoms with E-state index < -0.39 is 0 Å². The number of benzene rings is 2. The first-order valence-corrected chi connectivity index (χ1v) is 5.34. The second kappa shape index (κ2) is 3.52. The Balaban J connectivity index is 2.29. The minimum atomic E-state index is 0.482. The van der Waals surface area contributed by atoms with E-state index in [0.717, 1.165) is 22.4 Å². The Hall–Kier alpha value is -2.49. The molecular formula is C13H12N4. The molecule has 3 rings (SSSR count). The Morgan fingerprint density at radius 3 is 2.35 bits per heavy atom. The van der Waals surface area contributed by atoms with Gasteiger partial charge in [0.1, 0.15) is 0 Å². The van der Waals surface area contributed by atoms with Gasteiger partial charge in [0.05, 0.1) is 11.0 Å². The average Bonchev–Trinajstić information content (AvgIpc) is 2.66. The van der Waals surface area contributed by atoms with E-state index in [1.165, 1.54) is 0 Å². The van der Waals surface area contributed by atoms with Crippen molar-refractivity contribution in [3.63, 3.8) is 0 Å². The number of nitrogen functional groups attached to an aromatic ring is 2. The molecule has 4 N–H and O–H groups in total. The molecule has 0 aliphatic rings. The Morgan fingerprint density at radius 2 is 1.59 bits per heavy atom. The van der Waals surface area contributed by atoms with E-state index in [4.69, 9.17) is 11.5 Å². The van der Waals surface area contributed by atoms with Crippen molar-refractivity contribution >= 4 is 22.7 Å². The molecule has 0 aliphatic heterocycles. The topological polar surface area (TPSA) is 69.9 Å². The van der Waals surface area contributed by atoms with E-state index in [1.807, 2.05) is 53.1 Å². The predicted molar refractivity (Wildman–Crippen MR) is 69.9 cm³/mol. The number of nitrogens with two attached hydrogens (primary N) is 2. The number of para-hydroxylation sites is 2. The molecule has 4 nitrogen and oxygen atoms in total. The smallest absolute Gasteiger partial charge is 0.205 e. The van der Waals surface area contributed by atoms with Gasteiger partial charge in [-0.3, -0.25) is 4.57 Å². The SMILES string of the molecule is Nc1ccc(-n2c(N)nc3ccccc32)cc1. The van der Waals surface area contributed by atoms with Crippen LogP contribution in [-0.4, -0.2) is 9.55 Å². The molecule has 3 aromatic rings. The zero-order chi connectivity index (χ0) is 11.8. The van der Waals surface area contributed by atoms with Gasteiger partial charge in [0.25, 0.3) is 0 Å². The molecule has 0 fully saturated rings. The monoisotopic (exact) mass is 224 g/mol. The summed E-state index contributed by atoms with van der Waals surface area (Å²) in [5.41, 5.74) is 15.2. The highest BCUT2D eigenvalue weighted by molar-refractivity contribution is 5.80. The third-order valence-corrected chi connectivity index (χ3v) is 2.74. The maximum absolute atomic E-state index is 5.94. The van der Waals surface area contributed by atoms with Gasteiger partial charge >= 0.3 is 0 Å². The molecular weight excluding hydrogens is 212 g/mol. The van der Waals surface area contributed by atoms with Gasteiger partial charge < -0.3 is 11.5 Å². The van der Waals surface area contributed by atoms with Gasteiger partial charge in [-0.2, -0.15) is 0 Å². The van der Waals surface area contributed by atoms with Gasteiger partial charge in [-0.15, -0.1) is 0 Å². The van der Waals surface area contributed by atoms with Crippen molar-refractivity contribution in [2.24, 2.45) is 0 Å². The number of anilines is 2. The number of hydrogen-bond acceptors (Lipinski definition) is 3. The van der Waals surface area contributed by atoms with Gasteiger partial charge in [0, 0.05) is 11.4 Å². The third kappa shape index (κ3) is 1.50. The first kappa shape index (κ1) is 9.72. The lowest BCUT2D eigenvalue weighted by Crippen LogP contribution is -2.00. The number of imidazole rings is 1. The lowest BCUT2D eigenvalue weighted by molar-refractivity contribution is 1.11. The summed E-state index contributed by atoms with van der Waals surface area (Å²) in [7, 11) is 0. The van der Waals surface area contributed by atoms with Crippen LogP contribution in [0.2, 0.25) is 0 Å². The quantitative estimate of drug-likeness (QED) is 0.622. The van der Waals surface area contributed by atoms with E-state index in [2.05, 4.69) is 4.98 Å². The lowest BCUT2D eigenvalue weighted by Gasteiger charge is -2.06. The molecule has 4 heteroatoms. The van der Waals surface area contributed by atoms with Crippen molar-refractivity contribution in [1.29, 1.82) is 0 Å². The summed E-state index contributed by atoms with van der Waals surface area (Å²) in [5.74, 6) is 0.482. The number of hydrogen-bond donors (Lipinski definition) is 2. The molecule has 1 aromatic heterocycles. The standard InChI is InChI=1S/C13H12N4/c14-9-5-7-10(8-6-9)17-12-4-2-1-3-11(12)16-13(17)15/h1-8H,14H2,(H2,15,16). The molecule has 0 atom stereocenters. The van der Waals surface area contributed by atoms with Gasteiger partial charge in [0.2, 0.25) is 5.95 Å². The molecule has 2 aromatic carbocycles. The summed E-state index contributed by atoms with van der Waals surface area (Å²) < 4.78 is 1.91. The Kier molecular flexibility index (Phi) is 2.01. The lowest BCUT2D eigenvalue weighted by atomic mass is 10.2. The highest BCUT2D eigenvalue weighted by Gasteiger charge is 2.08. The van der Waals surface area contributed by atoms with Crippen molar-refractivity contribution in [1.82, 2.24) is 9.55 Å². The van der Waals surface area contributed by atoms with Gasteiger partial charge in [0.15, 0.2) is 0 Å². The highest BCUT2D eigenvalue weighted by atomic mass is 15.2. The third-order valence-electron chi connectivity index (χ3n) is 2.74. The van der Waals surface area contributed by atoms with E-state index in [0.29, 0.717) is 5.95 Å². The van der Waals surface area contributed by atoms with Crippen molar-refractivity contribution in [3.8, 4) is 5.69 Å². The van der Waals surface area contributed by atoms with Crippen molar-refractivity contribution in [2.45, 2.75) is 0 Å². The molecule has 0 saturated carbocycles. The second-order valence-electron chi connectivity index (χ2n) is 3.89. The van der Waals surface area contributed by atoms with Crippen LogP contribution in [0.1, 0.15) is 0 Å². The fourth-order valence-electron chi connectivity index (χ4n) is 1.94. The summed E-state index contributed by atoms with van der Waals surface area (Å²) in [5, 5.41) is 0. The van der Waals surface area contributed by atoms with Crippen LogP contribution >= 0.6 is 0 Å². The van der Waals surface area contributed by atoms with E-state index >= 15 is 0 Å². The molecule has 0 bridgehead atoms. The minimum Gasteiger partial charge on any atom is -0.399 e. The van der Waals surface area contributed by atoms with Crippen molar-refractivity contribution in [3.05, 3.63) is 48.5 Å². The molecule has 0 unspecified atom stereocenters. The molecule has 0 saturated heterocycles. The van der Waals surface area contributed by atoms with Crippen LogP contribution in [0.5, 0.6) is 0 Å². The first-order valence-electron chi connectivity index (χ1n) is 5.34. The summed E-state index contributed by atoms with van der Waals surface area (Å²) >= 11 is 0. The van der Waals surface area contributed by atoms with Crippen molar-refractivity contribution < 1.29 is 0 Å². The predicted octanol–water partition coefficient (Wildman–Crippen LogP) is 2.19. The number of rotatable bonds is 1. The Morgan fingerprint density at radius 1 is 0.882 bits per heavy atom. The van der Waals surface area contributed by atoms with Gasteiger partial charge in [-0.1, -0.05) is 12.1 Å². The first-order chi connectivity index (χ1) is 8.25. The number of nitrogens with zero attached hydrogens (tertiary/aromatic N) is 2. The molecule has 17 heavy (non-hydrogen) atoms. The zero-order valence-corrected chi connectivity index (χ0v) is 9.17. The fourth-order valence-corrected chi connectivity index (χ4v) is 1.94. The van der Waals surface area contributed by atoms with Crippen LogP contribution in [0.15, 0.2) is 48.5 Å². The maximum Gasteiger partial charge on any atom is 0.205 e. The van der Waals surface area contributed by atoms with E-state index in [9.17, 15) is 0 Å². The average molecular weight is 224 g/mol. The van der Waals surface area contributed by atoms with Crippen LogP contribution in [0.25, 0.3) is 16.7 Å². The minimum absolute atomic E-state index is 0.482. The van der Waals surface area contributed by atoms with Crippen LogP contribution in [0, 0.1) is 0 Å². The van der Waals surface area contributed by atoms with Gasteiger partial charge in [-0.05, 0) is 36.4 Å². The second-order valence-corrected chi connectivity index (χ2v) is 3.89. The molecule has 0 amide bonds. The zero-order valence-electron chi connectivity index (χ0n) is 9.17. The van der Waals surface area contributed by atoms with E-state index in [-0.39, 0.29) is 0 Å². The summed E-state index contributed by atoms with van der Waals surface area (Å²) in [4.78, 5) is 4.32. The normalized spacial score (nSPS) is 10.8. The van der Waals surface area contributed by atoms with Crippen LogP contribution in [-0.2, 0) is 0 Å². The van der Waals surface area contributed by atoms with Crippen LogP contribution in [0.3, 0.4) is 0 Å².